The second kappa shape index (κ2) is 9.16. The first-order chi connectivity index (χ1) is 13.0. The van der Waals surface area contributed by atoms with E-state index in [1.807, 2.05) is 25.3 Å². The molecule has 4 nitrogen and oxygen atoms in total. The van der Waals surface area contributed by atoms with Crippen molar-refractivity contribution in [3.05, 3.63) is 34.4 Å². The Kier molecular flexibility index (Phi) is 6.88. The van der Waals surface area contributed by atoms with Gasteiger partial charge in [0.25, 0.3) is 0 Å². The van der Waals surface area contributed by atoms with Gasteiger partial charge in [-0.2, -0.15) is 0 Å². The number of carbonyl (C=O) groups is 1. The highest BCUT2D eigenvalue weighted by atomic mass is 79.9. The normalized spacial score (nSPS) is 20.2. The van der Waals surface area contributed by atoms with E-state index in [-0.39, 0.29) is 5.78 Å². The van der Waals surface area contributed by atoms with Crippen molar-refractivity contribution in [2.24, 2.45) is 5.92 Å². The van der Waals surface area contributed by atoms with Crippen molar-refractivity contribution in [2.45, 2.75) is 51.5 Å². The molecule has 0 atom stereocenters. The van der Waals surface area contributed by atoms with Gasteiger partial charge in [-0.05, 0) is 63.9 Å². The number of pyridine rings is 1. The number of hydrogen-bond acceptors (Lipinski definition) is 4. The summed E-state index contributed by atoms with van der Waals surface area (Å²) in [5.41, 5.74) is 3.08. The number of anilines is 1. The topological polar surface area (TPSA) is 45.2 Å². The van der Waals surface area contributed by atoms with Crippen LogP contribution in [0.25, 0.3) is 10.9 Å². The second-order valence-electron chi connectivity index (χ2n) is 8.01. The van der Waals surface area contributed by atoms with Crippen molar-refractivity contribution in [3.63, 3.8) is 0 Å². The van der Waals surface area contributed by atoms with E-state index >= 15 is 0 Å². The zero-order chi connectivity index (χ0) is 19.4. The molecule has 0 spiro atoms. The Morgan fingerprint density at radius 2 is 2.00 bits per heavy atom. The van der Waals surface area contributed by atoms with E-state index < -0.39 is 0 Å². The van der Waals surface area contributed by atoms with Crippen LogP contribution in [0.4, 0.5) is 5.69 Å². The number of rotatable bonds is 7. The van der Waals surface area contributed by atoms with Gasteiger partial charge in [0.15, 0.2) is 0 Å². The Labute approximate surface area is 170 Å². The summed E-state index contributed by atoms with van der Waals surface area (Å²) >= 11 is 3.58. The monoisotopic (exact) mass is 431 g/mol. The molecule has 3 rings (SSSR count). The predicted molar refractivity (Wildman–Crippen MR) is 116 cm³/mol. The van der Waals surface area contributed by atoms with E-state index in [0.717, 1.165) is 32.5 Å². The van der Waals surface area contributed by atoms with Crippen LogP contribution in [0.3, 0.4) is 0 Å². The van der Waals surface area contributed by atoms with Crippen molar-refractivity contribution in [3.8, 4) is 0 Å². The molecule has 1 aliphatic carbocycles. The molecule has 1 heterocycles. The van der Waals surface area contributed by atoms with Crippen LogP contribution in [0.1, 0.15) is 44.6 Å². The molecule has 1 saturated carbocycles. The third kappa shape index (κ3) is 5.29. The zero-order valence-electron chi connectivity index (χ0n) is 16.6. The van der Waals surface area contributed by atoms with Crippen LogP contribution < -0.4 is 5.32 Å². The number of ketones is 1. The average Bonchev–Trinajstić information content (AvgIpc) is 2.64. The number of carbonyl (C=O) groups excluding carboxylic acids is 1. The van der Waals surface area contributed by atoms with Crippen LogP contribution in [0.2, 0.25) is 0 Å². The van der Waals surface area contributed by atoms with E-state index in [2.05, 4.69) is 51.3 Å². The summed E-state index contributed by atoms with van der Waals surface area (Å²) in [7, 11) is 4.31. The van der Waals surface area contributed by atoms with Crippen LogP contribution >= 0.6 is 15.9 Å². The molecule has 0 radical (unpaired) electrons. The van der Waals surface area contributed by atoms with Gasteiger partial charge >= 0.3 is 0 Å². The number of Topliss-reactive ketones (excluding diaryl/α,β-unsaturated/α-hetero) is 1. The van der Waals surface area contributed by atoms with Gasteiger partial charge in [-0.3, -0.25) is 9.78 Å². The molecule has 0 unspecified atom stereocenters. The lowest BCUT2D eigenvalue weighted by molar-refractivity contribution is -0.118. The summed E-state index contributed by atoms with van der Waals surface area (Å²) in [5.74, 6) is 1.05. The fourth-order valence-electron chi connectivity index (χ4n) is 4.06. The van der Waals surface area contributed by atoms with Crippen LogP contribution in [0, 0.1) is 5.92 Å². The fourth-order valence-corrected chi connectivity index (χ4v) is 4.42. The Bertz CT molecular complexity index is 797. The quantitative estimate of drug-likeness (QED) is 0.665. The highest BCUT2D eigenvalue weighted by molar-refractivity contribution is 9.10. The lowest BCUT2D eigenvalue weighted by atomic mass is 9.85. The molecule has 5 heteroatoms. The number of halogens is 1. The van der Waals surface area contributed by atoms with Gasteiger partial charge in [0.1, 0.15) is 5.78 Å². The lowest BCUT2D eigenvalue weighted by Crippen LogP contribution is -2.31. The minimum absolute atomic E-state index is 0.254. The molecule has 0 aliphatic heterocycles. The minimum Gasteiger partial charge on any atom is -0.381 e. The van der Waals surface area contributed by atoms with E-state index in [4.69, 9.17) is 0 Å². The maximum atomic E-state index is 12.1. The van der Waals surface area contributed by atoms with Crippen LogP contribution in [-0.2, 0) is 11.2 Å². The standard InChI is InChI=1S/C22H30BrN3O/c1-4-19(27)11-16-13-24-21-10-7-17(23)12-20(21)22(16)25-18-8-5-15(6-9-18)14-26(2)3/h7,10,12-13,15,18H,4-6,8-9,11,14H2,1-3H3,(H,24,25). The molecule has 0 saturated heterocycles. The van der Waals surface area contributed by atoms with Gasteiger partial charge < -0.3 is 10.2 Å². The molecule has 0 amide bonds. The first-order valence-electron chi connectivity index (χ1n) is 9.96. The molecule has 1 aromatic carbocycles. The molecule has 0 bridgehead atoms. The van der Waals surface area contributed by atoms with Crippen molar-refractivity contribution in [2.75, 3.05) is 26.0 Å². The van der Waals surface area contributed by atoms with Gasteiger partial charge in [-0.1, -0.05) is 22.9 Å². The van der Waals surface area contributed by atoms with Crippen LogP contribution in [0.5, 0.6) is 0 Å². The third-order valence-corrected chi connectivity index (χ3v) is 6.00. The highest BCUT2D eigenvalue weighted by Crippen LogP contribution is 2.33. The Morgan fingerprint density at radius 1 is 1.26 bits per heavy atom. The van der Waals surface area contributed by atoms with Gasteiger partial charge in [0.2, 0.25) is 0 Å². The van der Waals surface area contributed by atoms with Gasteiger partial charge in [0, 0.05) is 52.7 Å². The first kappa shape index (κ1) is 20.3. The number of aromatic nitrogens is 1. The maximum Gasteiger partial charge on any atom is 0.137 e. The summed E-state index contributed by atoms with van der Waals surface area (Å²) in [6.45, 7) is 3.10. The van der Waals surface area contributed by atoms with Crippen molar-refractivity contribution in [1.82, 2.24) is 9.88 Å². The van der Waals surface area contributed by atoms with Crippen molar-refractivity contribution < 1.29 is 4.79 Å². The summed E-state index contributed by atoms with van der Waals surface area (Å²) in [6.07, 6.45) is 7.76. The summed E-state index contributed by atoms with van der Waals surface area (Å²) in [5, 5.41) is 4.89. The predicted octanol–water partition coefficient (Wildman–Crippen LogP) is 5.05. The van der Waals surface area contributed by atoms with Gasteiger partial charge in [-0.15, -0.1) is 0 Å². The SMILES string of the molecule is CCC(=O)Cc1cnc2ccc(Br)cc2c1NC1CCC(CN(C)C)CC1. The lowest BCUT2D eigenvalue weighted by Gasteiger charge is -2.32. The third-order valence-electron chi connectivity index (χ3n) is 5.51. The summed E-state index contributed by atoms with van der Waals surface area (Å²) in [6, 6.07) is 6.62. The van der Waals surface area contributed by atoms with E-state index in [0.29, 0.717) is 18.9 Å². The van der Waals surface area contributed by atoms with Crippen LogP contribution in [0.15, 0.2) is 28.9 Å². The highest BCUT2D eigenvalue weighted by Gasteiger charge is 2.23. The number of benzene rings is 1. The van der Waals surface area contributed by atoms with E-state index in [9.17, 15) is 4.79 Å². The van der Waals surface area contributed by atoms with Crippen molar-refractivity contribution in [1.29, 1.82) is 0 Å². The number of hydrogen-bond donors (Lipinski definition) is 1. The molecular weight excluding hydrogens is 402 g/mol. The Morgan fingerprint density at radius 3 is 2.67 bits per heavy atom. The fraction of sp³-hybridized carbons (Fsp3) is 0.545. The molecule has 27 heavy (non-hydrogen) atoms. The number of nitrogens with one attached hydrogen (secondary N) is 1. The molecule has 1 N–H and O–H groups in total. The van der Waals surface area contributed by atoms with Gasteiger partial charge in [-0.25, -0.2) is 0 Å². The summed E-state index contributed by atoms with van der Waals surface area (Å²) in [4.78, 5) is 19.0. The molecular formula is C22H30BrN3O. The molecule has 1 aromatic heterocycles. The maximum absolute atomic E-state index is 12.1. The molecule has 1 aliphatic rings. The minimum atomic E-state index is 0.254. The smallest absolute Gasteiger partial charge is 0.137 e. The average molecular weight is 432 g/mol. The number of nitrogens with zero attached hydrogens (tertiary/aromatic N) is 2. The molecule has 2 aromatic rings. The van der Waals surface area contributed by atoms with Gasteiger partial charge in [0.05, 0.1) is 5.52 Å². The van der Waals surface area contributed by atoms with E-state index in [1.165, 1.54) is 32.2 Å². The van der Waals surface area contributed by atoms with Crippen molar-refractivity contribution >= 4 is 38.3 Å². The number of fused-ring (bicyclic) bond motifs is 1. The summed E-state index contributed by atoms with van der Waals surface area (Å²) < 4.78 is 1.04. The first-order valence-corrected chi connectivity index (χ1v) is 10.8. The molecule has 146 valence electrons. The Hall–Kier alpha value is -1.46. The zero-order valence-corrected chi connectivity index (χ0v) is 18.2. The van der Waals surface area contributed by atoms with Crippen LogP contribution in [-0.4, -0.2) is 42.3 Å². The second-order valence-corrected chi connectivity index (χ2v) is 8.93. The van der Waals surface area contributed by atoms with E-state index in [1.54, 1.807) is 0 Å². The largest absolute Gasteiger partial charge is 0.381 e. The molecule has 1 fully saturated rings. The Balaban J connectivity index is 1.84.